The maximum Gasteiger partial charge on any atom is 0.141 e. The quantitative estimate of drug-likeness (QED) is 0.858. The normalized spacial score (nSPS) is 14.1. The van der Waals surface area contributed by atoms with Crippen molar-refractivity contribution >= 4 is 0 Å². The van der Waals surface area contributed by atoms with E-state index in [1.54, 1.807) is 6.07 Å². The van der Waals surface area contributed by atoms with Crippen molar-refractivity contribution in [1.29, 1.82) is 0 Å². The number of nitrogens with one attached hydrogen (secondary N) is 1. The maximum absolute atomic E-state index is 13.0. The summed E-state index contributed by atoms with van der Waals surface area (Å²) < 4.78 is 13.0. The van der Waals surface area contributed by atoms with Gasteiger partial charge < -0.3 is 10.4 Å². The zero-order valence-corrected chi connectivity index (χ0v) is 13.3. The minimum Gasteiger partial charge on any atom is -0.387 e. The molecule has 0 radical (unpaired) electrons. The number of aliphatic hydroxyl groups excluding tert-OH is 1. The van der Waals surface area contributed by atoms with Gasteiger partial charge in [0, 0.05) is 6.54 Å². The van der Waals surface area contributed by atoms with E-state index in [-0.39, 0.29) is 17.8 Å². The zero-order valence-electron chi connectivity index (χ0n) is 13.3. The molecular weight excluding hydrogens is 279 g/mol. The predicted octanol–water partition coefficient (Wildman–Crippen LogP) is 3.55. The van der Waals surface area contributed by atoms with Crippen LogP contribution in [-0.4, -0.2) is 16.6 Å². The number of aryl methyl sites for hydroxylation is 1. The monoisotopic (exact) mass is 302 g/mol. The Morgan fingerprint density at radius 2 is 1.91 bits per heavy atom. The number of hydrogen-bond donors (Lipinski definition) is 2. The third-order valence-corrected chi connectivity index (χ3v) is 3.81. The molecule has 3 nitrogen and oxygen atoms in total. The van der Waals surface area contributed by atoms with E-state index in [0.29, 0.717) is 6.54 Å². The van der Waals surface area contributed by atoms with Crippen LogP contribution in [0.1, 0.15) is 42.8 Å². The third-order valence-electron chi connectivity index (χ3n) is 3.81. The van der Waals surface area contributed by atoms with Crippen LogP contribution in [-0.2, 0) is 0 Å². The number of aromatic nitrogens is 1. The number of benzene rings is 1. The van der Waals surface area contributed by atoms with E-state index in [4.69, 9.17) is 0 Å². The van der Waals surface area contributed by atoms with Gasteiger partial charge in [-0.1, -0.05) is 38.1 Å². The first kappa shape index (κ1) is 16.6. The first-order valence-corrected chi connectivity index (χ1v) is 7.57. The molecule has 0 saturated heterocycles. The first-order valence-electron chi connectivity index (χ1n) is 7.57. The molecule has 2 atom stereocenters. The number of pyridine rings is 1. The summed E-state index contributed by atoms with van der Waals surface area (Å²) in [5.74, 6) is -0.0618. The number of rotatable bonds is 6. The molecule has 2 unspecified atom stereocenters. The van der Waals surface area contributed by atoms with Crippen molar-refractivity contribution in [1.82, 2.24) is 10.3 Å². The van der Waals surface area contributed by atoms with Crippen molar-refractivity contribution in [3.05, 3.63) is 65.2 Å². The molecule has 22 heavy (non-hydrogen) atoms. The fraction of sp³-hybridized carbons (Fsp3) is 0.389. The topological polar surface area (TPSA) is 45.1 Å². The van der Waals surface area contributed by atoms with Crippen molar-refractivity contribution in [2.75, 3.05) is 6.54 Å². The van der Waals surface area contributed by atoms with Gasteiger partial charge in [-0.05, 0) is 36.1 Å². The number of nitrogens with zero attached hydrogens (tertiary/aromatic N) is 1. The lowest BCUT2D eigenvalue weighted by Crippen LogP contribution is -2.30. The van der Waals surface area contributed by atoms with Gasteiger partial charge >= 0.3 is 0 Å². The number of aliphatic hydroxyl groups is 1. The van der Waals surface area contributed by atoms with Crippen LogP contribution in [0.4, 0.5) is 4.39 Å². The van der Waals surface area contributed by atoms with E-state index in [2.05, 4.69) is 24.1 Å². The van der Waals surface area contributed by atoms with Gasteiger partial charge in [0.1, 0.15) is 5.82 Å². The summed E-state index contributed by atoms with van der Waals surface area (Å²) >= 11 is 0. The fourth-order valence-corrected chi connectivity index (χ4v) is 2.56. The Bertz CT molecular complexity index is 598. The first-order chi connectivity index (χ1) is 10.5. The molecule has 0 spiro atoms. The molecule has 0 bridgehead atoms. The van der Waals surface area contributed by atoms with Gasteiger partial charge in [0.15, 0.2) is 0 Å². The molecule has 2 N–H and O–H groups in total. The second kappa shape index (κ2) is 7.47. The van der Waals surface area contributed by atoms with Crippen molar-refractivity contribution in [3.63, 3.8) is 0 Å². The highest BCUT2D eigenvalue weighted by Crippen LogP contribution is 2.22. The van der Waals surface area contributed by atoms with Crippen molar-refractivity contribution in [2.24, 2.45) is 5.92 Å². The zero-order chi connectivity index (χ0) is 16.1. The van der Waals surface area contributed by atoms with E-state index < -0.39 is 6.10 Å². The number of halogens is 1. The molecule has 0 saturated carbocycles. The van der Waals surface area contributed by atoms with E-state index in [9.17, 15) is 9.50 Å². The van der Waals surface area contributed by atoms with Crippen LogP contribution in [0.25, 0.3) is 0 Å². The maximum atomic E-state index is 13.0. The van der Waals surface area contributed by atoms with Crippen molar-refractivity contribution < 1.29 is 9.50 Å². The van der Waals surface area contributed by atoms with E-state index >= 15 is 0 Å². The van der Waals surface area contributed by atoms with Gasteiger partial charge in [-0.25, -0.2) is 4.39 Å². The van der Waals surface area contributed by atoms with Crippen LogP contribution >= 0.6 is 0 Å². The minimum absolute atomic E-state index is 0.0285. The molecule has 0 aliphatic heterocycles. The lowest BCUT2D eigenvalue weighted by molar-refractivity contribution is 0.164. The average molecular weight is 302 g/mol. The van der Waals surface area contributed by atoms with Crippen molar-refractivity contribution in [3.8, 4) is 0 Å². The summed E-state index contributed by atoms with van der Waals surface area (Å²) in [4.78, 5) is 4.15. The lowest BCUT2D eigenvalue weighted by atomic mass is 9.98. The summed E-state index contributed by atoms with van der Waals surface area (Å²) in [6.45, 7) is 6.55. The average Bonchev–Trinajstić information content (AvgIpc) is 2.49. The lowest BCUT2D eigenvalue weighted by Gasteiger charge is -2.24. The van der Waals surface area contributed by atoms with E-state index in [1.165, 1.54) is 12.3 Å². The van der Waals surface area contributed by atoms with Crippen LogP contribution in [0.5, 0.6) is 0 Å². The highest BCUT2D eigenvalue weighted by Gasteiger charge is 2.19. The molecule has 1 heterocycles. The van der Waals surface area contributed by atoms with E-state index in [0.717, 1.165) is 16.8 Å². The molecule has 0 amide bonds. The van der Waals surface area contributed by atoms with E-state index in [1.807, 2.05) is 31.2 Å². The van der Waals surface area contributed by atoms with Gasteiger partial charge in [0.2, 0.25) is 0 Å². The molecule has 4 heteroatoms. The Morgan fingerprint density at radius 3 is 2.50 bits per heavy atom. The molecule has 2 rings (SSSR count). The van der Waals surface area contributed by atoms with Crippen LogP contribution in [0.3, 0.4) is 0 Å². The summed E-state index contributed by atoms with van der Waals surface area (Å²) in [6, 6.07) is 10.9. The molecule has 1 aromatic heterocycles. The highest BCUT2D eigenvalue weighted by molar-refractivity contribution is 5.27. The smallest absolute Gasteiger partial charge is 0.141 e. The summed E-state index contributed by atoms with van der Waals surface area (Å²) in [5, 5.41) is 13.7. The summed E-state index contributed by atoms with van der Waals surface area (Å²) in [5.41, 5.74) is 2.77. The molecule has 0 fully saturated rings. The van der Waals surface area contributed by atoms with Gasteiger partial charge in [0.05, 0.1) is 24.0 Å². The summed E-state index contributed by atoms with van der Waals surface area (Å²) in [6.07, 6.45) is 0.646. The van der Waals surface area contributed by atoms with Crippen LogP contribution in [0.2, 0.25) is 0 Å². The second-order valence-electron chi connectivity index (χ2n) is 5.90. The van der Waals surface area contributed by atoms with Crippen LogP contribution < -0.4 is 5.32 Å². The molecule has 118 valence electrons. The Morgan fingerprint density at radius 1 is 1.18 bits per heavy atom. The van der Waals surface area contributed by atoms with Crippen LogP contribution in [0, 0.1) is 18.7 Å². The predicted molar refractivity (Wildman–Crippen MR) is 85.9 cm³/mol. The second-order valence-corrected chi connectivity index (χ2v) is 5.90. The highest BCUT2D eigenvalue weighted by atomic mass is 19.1. The van der Waals surface area contributed by atoms with Gasteiger partial charge in [-0.3, -0.25) is 4.98 Å². The standard InChI is InChI=1S/C18H23FN2O/c1-12(2)18(16-9-8-14(19)10-20-16)21-11-17(22)15-7-5-4-6-13(15)3/h4-10,12,17-18,21-22H,11H2,1-3H3. The molecule has 1 aromatic carbocycles. The van der Waals surface area contributed by atoms with Gasteiger partial charge in [-0.2, -0.15) is 0 Å². The van der Waals surface area contributed by atoms with Crippen molar-refractivity contribution in [2.45, 2.75) is 32.9 Å². The SMILES string of the molecule is Cc1ccccc1C(O)CNC(c1ccc(F)cn1)C(C)C. The molecular formula is C18H23FN2O. The summed E-state index contributed by atoms with van der Waals surface area (Å²) in [7, 11) is 0. The molecule has 0 aliphatic rings. The van der Waals surface area contributed by atoms with Crippen LogP contribution in [0.15, 0.2) is 42.6 Å². The third kappa shape index (κ3) is 4.12. The Balaban J connectivity index is 2.06. The van der Waals surface area contributed by atoms with Gasteiger partial charge in [-0.15, -0.1) is 0 Å². The van der Waals surface area contributed by atoms with Gasteiger partial charge in [0.25, 0.3) is 0 Å². The Labute approximate surface area is 131 Å². The largest absolute Gasteiger partial charge is 0.387 e. The molecule has 0 aliphatic carbocycles. The molecule has 2 aromatic rings. The Kier molecular flexibility index (Phi) is 5.63. The minimum atomic E-state index is -0.581. The number of hydrogen-bond acceptors (Lipinski definition) is 3. The fourth-order valence-electron chi connectivity index (χ4n) is 2.56. The Hall–Kier alpha value is -1.78.